The van der Waals surface area contributed by atoms with Gasteiger partial charge in [-0.25, -0.2) is 9.59 Å². The summed E-state index contributed by atoms with van der Waals surface area (Å²) in [6.07, 6.45) is 2.04. The highest BCUT2D eigenvalue weighted by Crippen LogP contribution is 2.45. The highest BCUT2D eigenvalue weighted by Gasteiger charge is 2.48. The van der Waals surface area contributed by atoms with E-state index in [0.717, 1.165) is 12.8 Å². The zero-order valence-corrected chi connectivity index (χ0v) is 11.4. The zero-order valence-electron chi connectivity index (χ0n) is 10.6. The molecule has 1 heterocycles. The van der Waals surface area contributed by atoms with Crippen LogP contribution in [0.4, 0.5) is 4.79 Å². The van der Waals surface area contributed by atoms with E-state index >= 15 is 0 Å². The minimum absolute atomic E-state index is 0.0936. The molecule has 0 aromatic heterocycles. The number of carboxylic acid groups (broad SMARTS) is 1. The lowest BCUT2D eigenvalue weighted by Gasteiger charge is -2.31. The first-order valence-corrected chi connectivity index (χ1v) is 7.13. The second kappa shape index (κ2) is 5.28. The van der Waals surface area contributed by atoms with Crippen LogP contribution in [0.1, 0.15) is 12.8 Å². The molecular formula is C11H17N3O4S. The van der Waals surface area contributed by atoms with E-state index in [0.29, 0.717) is 11.7 Å². The van der Waals surface area contributed by atoms with E-state index in [9.17, 15) is 19.5 Å². The highest BCUT2D eigenvalue weighted by molar-refractivity contribution is 8.00. The molecule has 0 spiro atoms. The monoisotopic (exact) mass is 287 g/mol. The van der Waals surface area contributed by atoms with Gasteiger partial charge in [-0.1, -0.05) is 0 Å². The summed E-state index contributed by atoms with van der Waals surface area (Å²) in [6, 6.07) is -1.26. The normalized spacial score (nSPS) is 26.3. The van der Waals surface area contributed by atoms with Gasteiger partial charge in [0.05, 0.1) is 5.37 Å². The summed E-state index contributed by atoms with van der Waals surface area (Å²) < 4.78 is 0. The molecule has 2 unspecified atom stereocenters. The summed E-state index contributed by atoms with van der Waals surface area (Å²) in [5.41, 5.74) is 5.06. The lowest BCUT2D eigenvalue weighted by atomic mass is 10.2. The number of aliphatic carboxylic acids is 1. The molecule has 0 aromatic rings. The van der Waals surface area contributed by atoms with Crippen molar-refractivity contribution in [1.29, 1.82) is 0 Å². The molecule has 1 aliphatic heterocycles. The summed E-state index contributed by atoms with van der Waals surface area (Å²) in [5, 5.41) is 9.11. The van der Waals surface area contributed by atoms with Gasteiger partial charge in [-0.2, -0.15) is 0 Å². The number of thioether (sulfide) groups is 1. The molecule has 0 bridgehead atoms. The number of rotatable bonds is 4. The van der Waals surface area contributed by atoms with Crippen LogP contribution in [-0.4, -0.2) is 63.6 Å². The maximum absolute atomic E-state index is 12.3. The number of carboxylic acids is 1. The van der Waals surface area contributed by atoms with Crippen molar-refractivity contribution in [3.63, 3.8) is 0 Å². The van der Waals surface area contributed by atoms with Crippen molar-refractivity contribution >= 4 is 29.7 Å². The van der Waals surface area contributed by atoms with Gasteiger partial charge < -0.3 is 15.7 Å². The number of carbonyl (C=O) groups excluding carboxylic acids is 2. The largest absolute Gasteiger partial charge is 0.480 e. The Morgan fingerprint density at radius 1 is 1.42 bits per heavy atom. The van der Waals surface area contributed by atoms with Crippen LogP contribution in [-0.2, 0) is 9.59 Å². The third-order valence-electron chi connectivity index (χ3n) is 3.29. The van der Waals surface area contributed by atoms with Gasteiger partial charge in [0.2, 0.25) is 5.91 Å². The number of nitrogens with two attached hydrogens (primary N) is 1. The Hall–Kier alpha value is -1.44. The Bertz CT molecular complexity index is 413. The van der Waals surface area contributed by atoms with Crippen LogP contribution in [0.5, 0.6) is 0 Å². The molecule has 2 atom stereocenters. The zero-order chi connectivity index (χ0) is 14.2. The molecule has 2 aliphatic rings. The Morgan fingerprint density at radius 3 is 2.53 bits per heavy atom. The topological polar surface area (TPSA) is 104 Å². The summed E-state index contributed by atoms with van der Waals surface area (Å²) in [4.78, 5) is 37.0. The molecule has 7 nitrogen and oxygen atoms in total. The van der Waals surface area contributed by atoms with E-state index < -0.39 is 23.9 Å². The molecule has 0 aromatic carbocycles. The van der Waals surface area contributed by atoms with Crippen molar-refractivity contribution in [2.75, 3.05) is 19.3 Å². The van der Waals surface area contributed by atoms with Gasteiger partial charge in [-0.05, 0) is 18.8 Å². The van der Waals surface area contributed by atoms with Gasteiger partial charge in [0.1, 0.15) is 12.6 Å². The SMILES string of the molecule is CN(CC(N)=O)C(=O)N1C(C(=O)O)CSC1C1CC1. The van der Waals surface area contributed by atoms with Crippen LogP contribution in [0.2, 0.25) is 0 Å². The lowest BCUT2D eigenvalue weighted by Crippen LogP contribution is -2.52. The average molecular weight is 287 g/mol. The molecule has 1 saturated heterocycles. The van der Waals surface area contributed by atoms with Crippen LogP contribution >= 0.6 is 11.8 Å². The first-order chi connectivity index (χ1) is 8.91. The van der Waals surface area contributed by atoms with Crippen molar-refractivity contribution in [2.24, 2.45) is 11.7 Å². The number of carbonyl (C=O) groups is 3. The second-order valence-electron chi connectivity index (χ2n) is 4.93. The lowest BCUT2D eigenvalue weighted by molar-refractivity contribution is -0.141. The molecule has 3 amide bonds. The number of primary amides is 1. The van der Waals surface area contributed by atoms with Gasteiger partial charge in [-0.15, -0.1) is 11.8 Å². The fourth-order valence-corrected chi connectivity index (χ4v) is 3.83. The highest BCUT2D eigenvalue weighted by atomic mass is 32.2. The molecule has 1 aliphatic carbocycles. The van der Waals surface area contributed by atoms with Crippen molar-refractivity contribution in [2.45, 2.75) is 24.3 Å². The standard InChI is InChI=1S/C11H17N3O4S/c1-13(4-8(12)15)11(18)14-7(10(16)17)5-19-9(14)6-2-3-6/h6-7,9H,2-5H2,1H3,(H2,12,15)(H,16,17). The van der Waals surface area contributed by atoms with E-state index in [1.807, 2.05) is 0 Å². The van der Waals surface area contributed by atoms with Crippen LogP contribution < -0.4 is 5.73 Å². The summed E-state index contributed by atoms with van der Waals surface area (Å²) in [5.74, 6) is -0.846. The fourth-order valence-electron chi connectivity index (χ4n) is 2.20. The van der Waals surface area contributed by atoms with Crippen LogP contribution in [0.25, 0.3) is 0 Å². The first-order valence-electron chi connectivity index (χ1n) is 6.08. The van der Waals surface area contributed by atoms with Gasteiger partial charge >= 0.3 is 12.0 Å². The maximum atomic E-state index is 12.3. The average Bonchev–Trinajstić information content (AvgIpc) is 3.05. The van der Waals surface area contributed by atoms with Crippen molar-refractivity contribution in [3.05, 3.63) is 0 Å². The molecule has 0 radical (unpaired) electrons. The minimum atomic E-state index is -1.00. The fraction of sp³-hybridized carbons (Fsp3) is 0.727. The quantitative estimate of drug-likeness (QED) is 0.742. The van der Waals surface area contributed by atoms with E-state index in [4.69, 9.17) is 5.73 Å². The predicted molar refractivity (Wildman–Crippen MR) is 69.5 cm³/mol. The van der Waals surface area contributed by atoms with Gasteiger partial charge in [0.15, 0.2) is 0 Å². The van der Waals surface area contributed by atoms with Gasteiger partial charge in [-0.3, -0.25) is 9.69 Å². The summed E-state index contributed by atoms with van der Waals surface area (Å²) in [7, 11) is 1.46. The first kappa shape index (κ1) is 14.0. The second-order valence-corrected chi connectivity index (χ2v) is 6.08. The molecule has 106 valence electrons. The molecular weight excluding hydrogens is 270 g/mol. The van der Waals surface area contributed by atoms with E-state index in [1.165, 1.54) is 28.6 Å². The van der Waals surface area contributed by atoms with Gasteiger partial charge in [0.25, 0.3) is 0 Å². The molecule has 3 N–H and O–H groups in total. The van der Waals surface area contributed by atoms with E-state index in [2.05, 4.69) is 0 Å². The number of hydrogen-bond acceptors (Lipinski definition) is 4. The Kier molecular flexibility index (Phi) is 3.88. The van der Waals surface area contributed by atoms with Crippen molar-refractivity contribution in [3.8, 4) is 0 Å². The number of amides is 3. The Balaban J connectivity index is 2.13. The molecule has 8 heteroatoms. The van der Waals surface area contributed by atoms with Gasteiger partial charge in [0, 0.05) is 12.8 Å². The van der Waals surface area contributed by atoms with Crippen LogP contribution in [0.3, 0.4) is 0 Å². The van der Waals surface area contributed by atoms with E-state index in [1.54, 1.807) is 0 Å². The number of likely N-dealkylation sites (N-methyl/N-ethyl adjacent to an activating group) is 1. The number of hydrogen-bond donors (Lipinski definition) is 2. The smallest absolute Gasteiger partial charge is 0.327 e. The molecule has 2 fully saturated rings. The van der Waals surface area contributed by atoms with Crippen LogP contribution in [0.15, 0.2) is 0 Å². The Morgan fingerprint density at radius 2 is 2.05 bits per heavy atom. The summed E-state index contributed by atoms with van der Waals surface area (Å²) >= 11 is 1.50. The Labute approximate surface area is 115 Å². The third-order valence-corrected chi connectivity index (χ3v) is 4.75. The predicted octanol–water partition coefficient (Wildman–Crippen LogP) is -0.238. The number of urea groups is 1. The van der Waals surface area contributed by atoms with Crippen molar-refractivity contribution in [1.82, 2.24) is 9.80 Å². The van der Waals surface area contributed by atoms with E-state index in [-0.39, 0.29) is 11.9 Å². The minimum Gasteiger partial charge on any atom is -0.480 e. The summed E-state index contributed by atoms with van der Waals surface area (Å²) in [6.45, 7) is -0.205. The molecule has 19 heavy (non-hydrogen) atoms. The molecule has 2 rings (SSSR count). The van der Waals surface area contributed by atoms with Crippen molar-refractivity contribution < 1.29 is 19.5 Å². The number of nitrogens with zero attached hydrogens (tertiary/aromatic N) is 2. The molecule has 1 saturated carbocycles. The third kappa shape index (κ3) is 2.94. The maximum Gasteiger partial charge on any atom is 0.327 e. The van der Waals surface area contributed by atoms with Crippen LogP contribution in [0, 0.1) is 5.92 Å².